The van der Waals surface area contributed by atoms with Gasteiger partial charge in [-0.15, -0.1) is 0 Å². The summed E-state index contributed by atoms with van der Waals surface area (Å²) in [5.41, 5.74) is 0. The van der Waals surface area contributed by atoms with Crippen molar-refractivity contribution in [2.45, 2.75) is 52.0 Å². The lowest BCUT2D eigenvalue weighted by Crippen LogP contribution is -2.42. The van der Waals surface area contributed by atoms with E-state index in [0.717, 1.165) is 12.8 Å². The molecule has 1 aliphatic carbocycles. The van der Waals surface area contributed by atoms with Gasteiger partial charge in [-0.05, 0) is 12.8 Å². The minimum atomic E-state index is -0.246. The zero-order chi connectivity index (χ0) is 12.8. The lowest BCUT2D eigenvalue weighted by atomic mass is 10.1. The van der Waals surface area contributed by atoms with Gasteiger partial charge in [-0.3, -0.25) is 9.59 Å². The molecule has 0 N–H and O–H groups in total. The highest BCUT2D eigenvalue weighted by Crippen LogP contribution is 2.25. The Kier molecular flexibility index (Phi) is 5.45. The zero-order valence-corrected chi connectivity index (χ0v) is 11.1. The molecule has 0 atom stereocenters. The summed E-state index contributed by atoms with van der Waals surface area (Å²) >= 11 is 0. The second-order valence-corrected chi connectivity index (χ2v) is 4.95. The fourth-order valence-electron chi connectivity index (χ4n) is 2.33. The van der Waals surface area contributed by atoms with E-state index in [1.807, 2.05) is 18.7 Å². The van der Waals surface area contributed by atoms with E-state index in [2.05, 4.69) is 4.74 Å². The largest absolute Gasteiger partial charge is 0.469 e. The molecule has 1 rings (SSSR count). The third-order valence-corrected chi connectivity index (χ3v) is 3.33. The number of rotatable bonds is 5. The summed E-state index contributed by atoms with van der Waals surface area (Å²) in [6, 6.07) is 0.328. The van der Waals surface area contributed by atoms with Crippen LogP contribution in [-0.4, -0.2) is 36.5 Å². The highest BCUT2D eigenvalue weighted by atomic mass is 16.5. The molecule has 0 bridgehead atoms. The van der Waals surface area contributed by atoms with Crippen LogP contribution in [0.5, 0.6) is 0 Å². The minimum absolute atomic E-state index is 0.00625. The van der Waals surface area contributed by atoms with Crippen LogP contribution in [0.4, 0.5) is 0 Å². The van der Waals surface area contributed by atoms with Crippen LogP contribution in [0.3, 0.4) is 0 Å². The minimum Gasteiger partial charge on any atom is -0.469 e. The van der Waals surface area contributed by atoms with Crippen LogP contribution in [0.1, 0.15) is 46.0 Å². The molecule has 0 radical (unpaired) electrons. The molecule has 1 aliphatic rings. The first-order valence-corrected chi connectivity index (χ1v) is 6.43. The standard InChI is InChI=1S/C13H23NO3/c1-10(2)13(16)14(9-8-12(15)17-3)11-6-4-5-7-11/h10-11H,4-9H2,1-3H3. The molecule has 0 aromatic rings. The molecular formula is C13H23NO3. The lowest BCUT2D eigenvalue weighted by molar-refractivity contribution is -0.143. The molecule has 1 fully saturated rings. The van der Waals surface area contributed by atoms with Crippen LogP contribution in [0.25, 0.3) is 0 Å². The summed E-state index contributed by atoms with van der Waals surface area (Å²) in [6.45, 7) is 4.30. The number of amides is 1. The Morgan fingerprint density at radius 3 is 2.35 bits per heavy atom. The Labute approximate surface area is 103 Å². The smallest absolute Gasteiger partial charge is 0.307 e. The summed E-state index contributed by atoms with van der Waals surface area (Å²) < 4.78 is 4.63. The molecule has 0 unspecified atom stereocenters. The third-order valence-electron chi connectivity index (χ3n) is 3.33. The molecule has 0 aliphatic heterocycles. The SMILES string of the molecule is COC(=O)CCN(C(=O)C(C)C)C1CCCC1. The predicted octanol–water partition coefficient (Wildman–Crippen LogP) is 1.98. The lowest BCUT2D eigenvalue weighted by Gasteiger charge is -2.30. The van der Waals surface area contributed by atoms with Crippen molar-refractivity contribution in [3.8, 4) is 0 Å². The second kappa shape index (κ2) is 6.62. The van der Waals surface area contributed by atoms with Crippen LogP contribution in [-0.2, 0) is 14.3 Å². The first-order chi connectivity index (χ1) is 8.06. The molecule has 0 heterocycles. The Morgan fingerprint density at radius 1 is 1.29 bits per heavy atom. The van der Waals surface area contributed by atoms with Gasteiger partial charge in [0.2, 0.25) is 5.91 Å². The van der Waals surface area contributed by atoms with Crippen LogP contribution in [0, 0.1) is 5.92 Å². The average molecular weight is 241 g/mol. The highest BCUT2D eigenvalue weighted by Gasteiger charge is 2.28. The Hall–Kier alpha value is -1.06. The van der Waals surface area contributed by atoms with Gasteiger partial charge in [0.1, 0.15) is 0 Å². The molecule has 1 amide bonds. The second-order valence-electron chi connectivity index (χ2n) is 4.95. The normalized spacial score (nSPS) is 16.2. The van der Waals surface area contributed by atoms with Crippen molar-refractivity contribution in [1.82, 2.24) is 4.90 Å². The number of nitrogens with zero attached hydrogens (tertiary/aromatic N) is 1. The topological polar surface area (TPSA) is 46.6 Å². The quantitative estimate of drug-likeness (QED) is 0.691. The van der Waals surface area contributed by atoms with Crippen LogP contribution in [0.2, 0.25) is 0 Å². The molecule has 98 valence electrons. The molecule has 0 aromatic heterocycles. The van der Waals surface area contributed by atoms with Gasteiger partial charge in [0.05, 0.1) is 13.5 Å². The number of hydrogen-bond acceptors (Lipinski definition) is 3. The number of esters is 1. The van der Waals surface area contributed by atoms with Crippen LogP contribution in [0.15, 0.2) is 0 Å². The van der Waals surface area contributed by atoms with Crippen molar-refractivity contribution in [3.05, 3.63) is 0 Å². The van der Waals surface area contributed by atoms with E-state index in [9.17, 15) is 9.59 Å². The summed E-state index contributed by atoms with van der Waals surface area (Å²) in [6.07, 6.45) is 4.81. The molecule has 0 saturated heterocycles. The first-order valence-electron chi connectivity index (χ1n) is 6.43. The van der Waals surface area contributed by atoms with Crippen molar-refractivity contribution >= 4 is 11.9 Å². The highest BCUT2D eigenvalue weighted by molar-refractivity contribution is 5.79. The van der Waals surface area contributed by atoms with E-state index in [1.54, 1.807) is 0 Å². The van der Waals surface area contributed by atoms with E-state index in [1.165, 1.54) is 20.0 Å². The molecule has 0 aromatic carbocycles. The molecule has 4 heteroatoms. The van der Waals surface area contributed by atoms with E-state index in [4.69, 9.17) is 0 Å². The molecule has 0 spiro atoms. The van der Waals surface area contributed by atoms with Gasteiger partial charge in [0.15, 0.2) is 0 Å². The molecular weight excluding hydrogens is 218 g/mol. The maximum Gasteiger partial charge on any atom is 0.307 e. The summed E-state index contributed by atoms with van der Waals surface area (Å²) in [4.78, 5) is 25.2. The number of ether oxygens (including phenoxy) is 1. The Morgan fingerprint density at radius 2 is 1.88 bits per heavy atom. The van der Waals surface area contributed by atoms with Crippen molar-refractivity contribution in [2.75, 3.05) is 13.7 Å². The third kappa shape index (κ3) is 4.02. The van der Waals surface area contributed by atoms with Gasteiger partial charge < -0.3 is 9.64 Å². The number of hydrogen-bond donors (Lipinski definition) is 0. The van der Waals surface area contributed by atoms with Crippen LogP contribution < -0.4 is 0 Å². The van der Waals surface area contributed by atoms with E-state index >= 15 is 0 Å². The molecule has 1 saturated carbocycles. The van der Waals surface area contributed by atoms with Crippen molar-refractivity contribution < 1.29 is 14.3 Å². The van der Waals surface area contributed by atoms with Crippen LogP contribution >= 0.6 is 0 Å². The number of methoxy groups -OCH3 is 1. The Balaban J connectivity index is 2.58. The predicted molar refractivity (Wildman–Crippen MR) is 65.4 cm³/mol. The average Bonchev–Trinajstić information content (AvgIpc) is 2.82. The van der Waals surface area contributed by atoms with Crippen molar-refractivity contribution in [1.29, 1.82) is 0 Å². The van der Waals surface area contributed by atoms with E-state index in [-0.39, 0.29) is 17.8 Å². The molecule has 4 nitrogen and oxygen atoms in total. The summed E-state index contributed by atoms with van der Waals surface area (Å²) in [7, 11) is 1.38. The van der Waals surface area contributed by atoms with Gasteiger partial charge in [-0.2, -0.15) is 0 Å². The maximum absolute atomic E-state index is 12.1. The number of carbonyl (C=O) groups is 2. The van der Waals surface area contributed by atoms with Gasteiger partial charge in [0, 0.05) is 18.5 Å². The Bertz CT molecular complexity index is 270. The maximum atomic E-state index is 12.1. The van der Waals surface area contributed by atoms with Gasteiger partial charge >= 0.3 is 5.97 Å². The van der Waals surface area contributed by atoms with Gasteiger partial charge in [-0.25, -0.2) is 0 Å². The van der Waals surface area contributed by atoms with E-state index in [0.29, 0.717) is 19.0 Å². The monoisotopic (exact) mass is 241 g/mol. The van der Waals surface area contributed by atoms with Gasteiger partial charge in [0.25, 0.3) is 0 Å². The summed E-state index contributed by atoms with van der Waals surface area (Å²) in [5, 5.41) is 0. The fourth-order valence-corrected chi connectivity index (χ4v) is 2.33. The summed E-state index contributed by atoms with van der Waals surface area (Å²) in [5.74, 6) is -0.0985. The van der Waals surface area contributed by atoms with E-state index < -0.39 is 0 Å². The number of carbonyl (C=O) groups excluding carboxylic acids is 2. The van der Waals surface area contributed by atoms with Gasteiger partial charge in [-0.1, -0.05) is 26.7 Å². The fraction of sp³-hybridized carbons (Fsp3) is 0.846. The van der Waals surface area contributed by atoms with Crippen molar-refractivity contribution in [3.63, 3.8) is 0 Å². The molecule has 17 heavy (non-hydrogen) atoms. The van der Waals surface area contributed by atoms with Crippen molar-refractivity contribution in [2.24, 2.45) is 5.92 Å². The first kappa shape index (κ1) is 14.0. The zero-order valence-electron chi connectivity index (χ0n) is 11.1.